The Morgan fingerprint density at radius 1 is 0.886 bits per heavy atom. The summed E-state index contributed by atoms with van der Waals surface area (Å²) in [7, 11) is 0. The van der Waals surface area contributed by atoms with Crippen LogP contribution in [0.1, 0.15) is 37.5 Å². The molecule has 0 saturated heterocycles. The van der Waals surface area contributed by atoms with Gasteiger partial charge in [-0.15, -0.1) is 11.3 Å². The van der Waals surface area contributed by atoms with Gasteiger partial charge in [-0.05, 0) is 64.7 Å². The highest BCUT2D eigenvalue weighted by molar-refractivity contribution is 7.12. The van der Waals surface area contributed by atoms with E-state index in [-0.39, 0.29) is 11.8 Å². The minimum atomic E-state index is -0.0148. The number of anilines is 1. The molecule has 0 fully saturated rings. The summed E-state index contributed by atoms with van der Waals surface area (Å²) < 4.78 is 0. The summed E-state index contributed by atoms with van der Waals surface area (Å²) in [4.78, 5) is 30.8. The van der Waals surface area contributed by atoms with E-state index in [2.05, 4.69) is 37.3 Å². The molecule has 5 heteroatoms. The zero-order valence-corrected chi connectivity index (χ0v) is 20.6. The Morgan fingerprint density at radius 2 is 1.63 bits per heavy atom. The first-order valence-electron chi connectivity index (χ1n) is 11.9. The molecule has 0 aliphatic carbocycles. The van der Waals surface area contributed by atoms with Crippen LogP contribution in [-0.4, -0.2) is 23.3 Å². The van der Waals surface area contributed by atoms with Gasteiger partial charge in [0.05, 0.1) is 17.8 Å². The maximum absolute atomic E-state index is 13.4. The van der Waals surface area contributed by atoms with E-state index in [1.54, 1.807) is 0 Å². The fraction of sp³-hybridized carbons (Fsp3) is 0.200. The van der Waals surface area contributed by atoms with E-state index in [1.807, 2.05) is 69.8 Å². The Balaban J connectivity index is 1.32. The molecule has 3 aromatic carbocycles. The van der Waals surface area contributed by atoms with Gasteiger partial charge in [-0.2, -0.15) is 0 Å². The quantitative estimate of drug-likeness (QED) is 0.338. The number of nitrogens with zero attached hydrogens (tertiary/aromatic N) is 2. The van der Waals surface area contributed by atoms with E-state index in [0.29, 0.717) is 24.4 Å². The van der Waals surface area contributed by atoms with E-state index >= 15 is 0 Å². The van der Waals surface area contributed by atoms with Crippen LogP contribution in [0.25, 0.3) is 0 Å². The highest BCUT2D eigenvalue weighted by atomic mass is 32.1. The smallest absolute Gasteiger partial charge is 0.268 e. The van der Waals surface area contributed by atoms with Crippen LogP contribution in [0.15, 0.2) is 90.3 Å². The third kappa shape index (κ3) is 5.20. The van der Waals surface area contributed by atoms with Crippen molar-refractivity contribution in [3.8, 4) is 0 Å². The van der Waals surface area contributed by atoms with Crippen LogP contribution in [0, 0.1) is 6.92 Å². The molecule has 0 N–H and O–H groups in total. The van der Waals surface area contributed by atoms with Crippen molar-refractivity contribution >= 4 is 28.8 Å². The minimum Gasteiger partial charge on any atom is -0.338 e. The molecular formula is C30H28N2O2S. The van der Waals surface area contributed by atoms with Crippen LogP contribution in [0.4, 0.5) is 5.69 Å². The third-order valence-electron chi connectivity index (χ3n) is 6.65. The molecule has 1 aliphatic heterocycles. The number of thiophene rings is 1. The number of hydrogen-bond acceptors (Lipinski definition) is 3. The van der Waals surface area contributed by atoms with Crippen molar-refractivity contribution in [1.29, 1.82) is 0 Å². The van der Waals surface area contributed by atoms with Crippen molar-refractivity contribution < 1.29 is 9.59 Å². The van der Waals surface area contributed by atoms with Gasteiger partial charge in [-0.3, -0.25) is 9.59 Å². The third-order valence-corrected chi connectivity index (χ3v) is 7.51. The molecule has 4 aromatic rings. The molecule has 0 spiro atoms. The molecule has 1 aliphatic rings. The van der Waals surface area contributed by atoms with Crippen LogP contribution in [0.3, 0.4) is 0 Å². The summed E-state index contributed by atoms with van der Waals surface area (Å²) in [5, 5.41) is 1.92. The SMILES string of the molecule is Cc1ccccc1CN(C(=O)c1cccs1)c1ccc(CC(=O)N2CCc3ccccc3C2)cc1. The van der Waals surface area contributed by atoms with Crippen LogP contribution in [-0.2, 0) is 30.7 Å². The lowest BCUT2D eigenvalue weighted by Crippen LogP contribution is -2.36. The van der Waals surface area contributed by atoms with E-state index in [0.717, 1.165) is 35.3 Å². The lowest BCUT2D eigenvalue weighted by molar-refractivity contribution is -0.131. The van der Waals surface area contributed by atoms with Gasteiger partial charge < -0.3 is 9.80 Å². The highest BCUT2D eigenvalue weighted by Gasteiger charge is 2.22. The summed E-state index contributed by atoms with van der Waals surface area (Å²) in [6.07, 6.45) is 1.26. The molecular weight excluding hydrogens is 452 g/mol. The van der Waals surface area contributed by atoms with Gasteiger partial charge in [0.1, 0.15) is 0 Å². The van der Waals surface area contributed by atoms with Crippen LogP contribution in [0.2, 0.25) is 0 Å². The molecule has 5 rings (SSSR count). The maximum Gasteiger partial charge on any atom is 0.268 e. The summed E-state index contributed by atoms with van der Waals surface area (Å²) in [6.45, 7) is 3.99. The molecule has 0 radical (unpaired) electrons. The Bertz CT molecular complexity index is 1330. The van der Waals surface area contributed by atoms with Gasteiger partial charge >= 0.3 is 0 Å². The first-order valence-corrected chi connectivity index (χ1v) is 12.8. The first kappa shape index (κ1) is 23.1. The minimum absolute atomic E-state index is 0.0148. The van der Waals surface area contributed by atoms with Crippen molar-refractivity contribution in [3.63, 3.8) is 0 Å². The summed E-state index contributed by atoms with van der Waals surface area (Å²) >= 11 is 1.45. The molecule has 2 heterocycles. The zero-order valence-electron chi connectivity index (χ0n) is 19.8. The molecule has 4 nitrogen and oxygen atoms in total. The van der Waals surface area contributed by atoms with Crippen molar-refractivity contribution in [1.82, 2.24) is 4.90 Å². The van der Waals surface area contributed by atoms with Crippen molar-refractivity contribution in [2.24, 2.45) is 0 Å². The summed E-state index contributed by atoms with van der Waals surface area (Å²) in [5.74, 6) is 0.123. The maximum atomic E-state index is 13.4. The fourth-order valence-corrected chi connectivity index (χ4v) is 5.23. The van der Waals surface area contributed by atoms with Gasteiger partial charge in [-0.1, -0.05) is 66.7 Å². The number of benzene rings is 3. The number of amides is 2. The van der Waals surface area contributed by atoms with Gasteiger partial charge in [0.15, 0.2) is 0 Å². The topological polar surface area (TPSA) is 40.6 Å². The largest absolute Gasteiger partial charge is 0.338 e. The van der Waals surface area contributed by atoms with Gasteiger partial charge in [0, 0.05) is 18.8 Å². The molecule has 0 bridgehead atoms. The number of carbonyl (C=O) groups is 2. The molecule has 176 valence electrons. The van der Waals surface area contributed by atoms with Crippen molar-refractivity contribution in [2.45, 2.75) is 32.9 Å². The average Bonchev–Trinajstić information content (AvgIpc) is 3.43. The predicted octanol–water partition coefficient (Wildman–Crippen LogP) is 6.03. The lowest BCUT2D eigenvalue weighted by Gasteiger charge is -2.29. The summed E-state index contributed by atoms with van der Waals surface area (Å²) in [5.41, 5.74) is 6.63. The normalized spacial score (nSPS) is 12.8. The number of fused-ring (bicyclic) bond motifs is 1. The lowest BCUT2D eigenvalue weighted by atomic mass is 9.99. The molecule has 35 heavy (non-hydrogen) atoms. The van der Waals surface area contributed by atoms with Crippen LogP contribution >= 0.6 is 11.3 Å². The van der Waals surface area contributed by atoms with E-state index in [4.69, 9.17) is 0 Å². The average molecular weight is 481 g/mol. The van der Waals surface area contributed by atoms with Crippen LogP contribution in [0.5, 0.6) is 0 Å². The zero-order chi connectivity index (χ0) is 24.2. The second-order valence-corrected chi connectivity index (χ2v) is 9.92. The van der Waals surface area contributed by atoms with E-state index in [9.17, 15) is 9.59 Å². The van der Waals surface area contributed by atoms with Crippen molar-refractivity contribution in [3.05, 3.63) is 123 Å². The number of aryl methyl sites for hydroxylation is 1. The van der Waals surface area contributed by atoms with Gasteiger partial charge in [0.25, 0.3) is 5.91 Å². The van der Waals surface area contributed by atoms with Crippen molar-refractivity contribution in [2.75, 3.05) is 11.4 Å². The van der Waals surface area contributed by atoms with E-state index < -0.39 is 0 Å². The summed E-state index contributed by atoms with van der Waals surface area (Å²) in [6, 6.07) is 28.1. The molecule has 0 saturated carbocycles. The number of hydrogen-bond donors (Lipinski definition) is 0. The number of carbonyl (C=O) groups excluding carboxylic acids is 2. The Hall–Kier alpha value is -3.70. The predicted molar refractivity (Wildman–Crippen MR) is 142 cm³/mol. The van der Waals surface area contributed by atoms with Crippen LogP contribution < -0.4 is 4.90 Å². The van der Waals surface area contributed by atoms with Gasteiger partial charge in [0.2, 0.25) is 5.91 Å². The Kier molecular flexibility index (Phi) is 6.77. The second-order valence-electron chi connectivity index (χ2n) is 8.97. The second kappa shape index (κ2) is 10.3. The van der Waals surface area contributed by atoms with Gasteiger partial charge in [-0.25, -0.2) is 0 Å². The molecule has 0 atom stereocenters. The number of rotatable bonds is 6. The Labute approximate surface area is 210 Å². The molecule has 0 unspecified atom stereocenters. The first-order chi connectivity index (χ1) is 17.1. The molecule has 1 aromatic heterocycles. The Morgan fingerprint density at radius 3 is 2.37 bits per heavy atom. The fourth-order valence-electron chi connectivity index (χ4n) is 4.56. The highest BCUT2D eigenvalue weighted by Crippen LogP contribution is 2.25. The monoisotopic (exact) mass is 480 g/mol. The van der Waals surface area contributed by atoms with E-state index in [1.165, 1.54) is 22.5 Å². The standard InChI is InChI=1S/C30H28N2O2S/c1-22-7-2-3-9-25(22)21-32(30(34)28-11-6-18-35-28)27-14-12-23(13-15-27)19-29(33)31-17-16-24-8-4-5-10-26(24)20-31/h2-15,18H,16-17,19-21H2,1H3. The molecule has 2 amide bonds.